The molecule has 0 fully saturated rings. The van der Waals surface area contributed by atoms with Crippen LogP contribution in [-0.4, -0.2) is 7.11 Å². The molecule has 0 radical (unpaired) electrons. The molecule has 0 bridgehead atoms. The molecule has 0 aliphatic rings. The zero-order chi connectivity index (χ0) is 14.9. The Kier molecular flexibility index (Phi) is 4.98. The molecule has 2 aromatic rings. The summed E-state index contributed by atoms with van der Waals surface area (Å²) in [6, 6.07) is 10.6. The second kappa shape index (κ2) is 6.20. The largest absolute Gasteiger partial charge is 0.496 e. The molecular weight excluding hydrogens is 400 g/mol. The van der Waals surface area contributed by atoms with Crippen molar-refractivity contribution in [2.45, 2.75) is 31.0 Å². The molecule has 0 N–H and O–H groups in total. The lowest BCUT2D eigenvalue weighted by molar-refractivity contribution is 0.410. The molecule has 20 heavy (non-hydrogen) atoms. The van der Waals surface area contributed by atoms with E-state index in [9.17, 15) is 0 Å². The van der Waals surface area contributed by atoms with Crippen molar-refractivity contribution < 1.29 is 4.74 Å². The van der Waals surface area contributed by atoms with E-state index in [1.165, 1.54) is 9.75 Å². The van der Waals surface area contributed by atoms with Crippen molar-refractivity contribution >= 4 is 43.2 Å². The van der Waals surface area contributed by atoms with E-state index in [1.807, 2.05) is 23.5 Å². The Morgan fingerprint density at radius 3 is 2.40 bits per heavy atom. The van der Waals surface area contributed by atoms with Crippen molar-refractivity contribution in [3.05, 3.63) is 50.1 Å². The lowest BCUT2D eigenvalue weighted by atomic mass is 9.95. The molecule has 108 valence electrons. The van der Waals surface area contributed by atoms with Crippen LogP contribution in [0.25, 0.3) is 0 Å². The molecule has 2 rings (SSSR count). The van der Waals surface area contributed by atoms with Gasteiger partial charge in [0, 0.05) is 19.8 Å². The van der Waals surface area contributed by atoms with Crippen molar-refractivity contribution in [3.8, 4) is 5.75 Å². The maximum absolute atomic E-state index is 5.49. The molecule has 1 atom stereocenters. The third-order valence-electron chi connectivity index (χ3n) is 3.08. The van der Waals surface area contributed by atoms with Crippen molar-refractivity contribution in [2.24, 2.45) is 0 Å². The maximum atomic E-state index is 5.49. The van der Waals surface area contributed by atoms with Crippen LogP contribution in [0.5, 0.6) is 5.75 Å². The molecule has 0 amide bonds. The van der Waals surface area contributed by atoms with Crippen LogP contribution in [0.1, 0.15) is 40.9 Å². The Hall–Kier alpha value is -0.320. The number of hydrogen-bond acceptors (Lipinski definition) is 2. The van der Waals surface area contributed by atoms with Crippen LogP contribution in [0.3, 0.4) is 0 Å². The fraction of sp³-hybridized carbons (Fsp3) is 0.375. The molecule has 0 saturated carbocycles. The van der Waals surface area contributed by atoms with E-state index >= 15 is 0 Å². The molecule has 1 aromatic carbocycles. The number of halogens is 2. The Morgan fingerprint density at radius 1 is 1.15 bits per heavy atom. The van der Waals surface area contributed by atoms with Crippen LogP contribution in [-0.2, 0) is 5.41 Å². The van der Waals surface area contributed by atoms with E-state index in [4.69, 9.17) is 4.74 Å². The molecule has 0 spiro atoms. The number of thiophene rings is 1. The molecule has 1 nitrogen and oxygen atoms in total. The Morgan fingerprint density at radius 2 is 1.85 bits per heavy atom. The van der Waals surface area contributed by atoms with Gasteiger partial charge in [-0.25, -0.2) is 0 Å². The van der Waals surface area contributed by atoms with E-state index in [1.54, 1.807) is 7.11 Å². The van der Waals surface area contributed by atoms with Crippen LogP contribution in [0.4, 0.5) is 0 Å². The SMILES string of the molecule is COc1cc(Br)ccc1C(Br)c1ccc(C(C)(C)C)s1. The summed E-state index contributed by atoms with van der Waals surface area (Å²) in [5.41, 5.74) is 1.34. The third-order valence-corrected chi connectivity index (χ3v) is 6.44. The van der Waals surface area contributed by atoms with Crippen molar-refractivity contribution in [1.29, 1.82) is 0 Å². The molecule has 0 saturated heterocycles. The molecule has 1 aromatic heterocycles. The highest BCUT2D eigenvalue weighted by Gasteiger charge is 2.21. The average Bonchev–Trinajstić information content (AvgIpc) is 2.87. The summed E-state index contributed by atoms with van der Waals surface area (Å²) in [7, 11) is 1.71. The second-order valence-electron chi connectivity index (χ2n) is 5.70. The van der Waals surface area contributed by atoms with Gasteiger partial charge in [0.1, 0.15) is 5.75 Å². The smallest absolute Gasteiger partial charge is 0.124 e. The number of benzene rings is 1. The first kappa shape index (κ1) is 16.1. The van der Waals surface area contributed by atoms with E-state index < -0.39 is 0 Å². The zero-order valence-corrected chi connectivity index (χ0v) is 16.0. The van der Waals surface area contributed by atoms with E-state index in [2.05, 4.69) is 70.8 Å². The normalized spacial score (nSPS) is 13.3. The number of rotatable bonds is 3. The number of methoxy groups -OCH3 is 1. The molecule has 0 aliphatic carbocycles. The first-order valence-electron chi connectivity index (χ1n) is 6.40. The highest BCUT2D eigenvalue weighted by Crippen LogP contribution is 2.42. The van der Waals surface area contributed by atoms with Crippen LogP contribution in [0.15, 0.2) is 34.8 Å². The summed E-state index contributed by atoms with van der Waals surface area (Å²) < 4.78 is 6.51. The van der Waals surface area contributed by atoms with E-state index in [0.29, 0.717) is 0 Å². The van der Waals surface area contributed by atoms with Crippen molar-refractivity contribution in [1.82, 2.24) is 0 Å². The van der Waals surface area contributed by atoms with E-state index in [0.717, 1.165) is 15.8 Å². The maximum Gasteiger partial charge on any atom is 0.124 e. The van der Waals surface area contributed by atoms with Gasteiger partial charge in [-0.1, -0.05) is 58.7 Å². The van der Waals surface area contributed by atoms with E-state index in [-0.39, 0.29) is 10.2 Å². The lowest BCUT2D eigenvalue weighted by Gasteiger charge is -2.16. The fourth-order valence-electron chi connectivity index (χ4n) is 1.94. The van der Waals surface area contributed by atoms with Gasteiger partial charge < -0.3 is 4.74 Å². The van der Waals surface area contributed by atoms with Gasteiger partial charge in [-0.2, -0.15) is 0 Å². The number of hydrogen-bond donors (Lipinski definition) is 0. The molecule has 0 aliphatic heterocycles. The van der Waals surface area contributed by atoms with Gasteiger partial charge in [0.2, 0.25) is 0 Å². The summed E-state index contributed by atoms with van der Waals surface area (Å²) in [6.07, 6.45) is 0. The van der Waals surface area contributed by atoms with Gasteiger partial charge >= 0.3 is 0 Å². The van der Waals surface area contributed by atoms with Crippen molar-refractivity contribution in [3.63, 3.8) is 0 Å². The Bertz CT molecular complexity index is 599. The number of alkyl halides is 1. The van der Waals surface area contributed by atoms with Gasteiger partial charge in [-0.3, -0.25) is 0 Å². The molecular formula is C16H18Br2OS. The van der Waals surface area contributed by atoms with Gasteiger partial charge in [0.15, 0.2) is 0 Å². The average molecular weight is 418 g/mol. The topological polar surface area (TPSA) is 9.23 Å². The van der Waals surface area contributed by atoms with Crippen molar-refractivity contribution in [2.75, 3.05) is 7.11 Å². The predicted octanol–water partition coefficient (Wildman–Crippen LogP) is 6.30. The second-order valence-corrected chi connectivity index (χ2v) is 8.65. The summed E-state index contributed by atoms with van der Waals surface area (Å²) in [6.45, 7) is 6.73. The summed E-state index contributed by atoms with van der Waals surface area (Å²) in [5, 5.41) is 0. The first-order chi connectivity index (χ1) is 9.32. The standard InChI is InChI=1S/C16H18Br2OS/c1-16(2,3)14-8-7-13(20-14)15(18)11-6-5-10(17)9-12(11)19-4/h5-9,15H,1-4H3. The Labute approximate surface area is 141 Å². The quantitative estimate of drug-likeness (QED) is 0.532. The van der Waals surface area contributed by atoms with Crippen LogP contribution in [0.2, 0.25) is 0 Å². The van der Waals surface area contributed by atoms with Crippen LogP contribution in [0, 0.1) is 0 Å². The summed E-state index contributed by atoms with van der Waals surface area (Å²) in [4.78, 5) is 2.86. The van der Waals surface area contributed by atoms with Crippen LogP contribution < -0.4 is 4.74 Å². The summed E-state index contributed by atoms with van der Waals surface area (Å²) >= 11 is 9.14. The van der Waals surface area contributed by atoms with Crippen LogP contribution >= 0.6 is 43.2 Å². The van der Waals surface area contributed by atoms with Gasteiger partial charge in [0.25, 0.3) is 0 Å². The Balaban J connectivity index is 2.36. The minimum absolute atomic E-state index is 0.159. The first-order valence-corrected chi connectivity index (χ1v) is 8.93. The lowest BCUT2D eigenvalue weighted by Crippen LogP contribution is -2.07. The monoisotopic (exact) mass is 416 g/mol. The highest BCUT2D eigenvalue weighted by molar-refractivity contribution is 9.10. The predicted molar refractivity (Wildman–Crippen MR) is 94.5 cm³/mol. The minimum Gasteiger partial charge on any atom is -0.496 e. The van der Waals surface area contributed by atoms with Gasteiger partial charge in [-0.05, 0) is 29.7 Å². The van der Waals surface area contributed by atoms with Gasteiger partial charge in [-0.15, -0.1) is 11.3 Å². The number of ether oxygens (including phenoxy) is 1. The molecule has 1 unspecified atom stereocenters. The molecule has 4 heteroatoms. The summed E-state index contributed by atoms with van der Waals surface area (Å²) in [5.74, 6) is 0.895. The zero-order valence-electron chi connectivity index (χ0n) is 12.0. The van der Waals surface area contributed by atoms with Gasteiger partial charge in [0.05, 0.1) is 11.9 Å². The highest BCUT2D eigenvalue weighted by atomic mass is 79.9. The third kappa shape index (κ3) is 3.46. The fourth-order valence-corrected chi connectivity index (χ4v) is 4.15. The molecule has 1 heterocycles. The minimum atomic E-state index is 0.159.